The molecular formula is C17H22O2. The number of hydrogen-bond acceptors (Lipinski definition) is 2. The minimum absolute atomic E-state index is 0.155. The number of benzene rings is 1. The standard InChI is InChI=1S/C17H22O2/c1-4-8-13-10-11-15(16-9-6-7-12-19-16)17(18-3)14(13)5-2/h4-5,8,10-11,16H,2,6-7,9,12H2,1,3H3/b8-4-. The molecule has 1 aromatic carbocycles. The molecule has 1 atom stereocenters. The second-order valence-corrected chi connectivity index (χ2v) is 4.75. The van der Waals surface area contributed by atoms with Gasteiger partial charge in [-0.3, -0.25) is 0 Å². The third-order valence-electron chi connectivity index (χ3n) is 3.54. The summed E-state index contributed by atoms with van der Waals surface area (Å²) in [6.07, 6.45) is 9.56. The van der Waals surface area contributed by atoms with Crippen LogP contribution < -0.4 is 4.74 Å². The highest BCUT2D eigenvalue weighted by atomic mass is 16.5. The Kier molecular flexibility index (Phi) is 4.80. The molecule has 1 aliphatic heterocycles. The van der Waals surface area contributed by atoms with Crippen LogP contribution in [0.3, 0.4) is 0 Å². The first kappa shape index (κ1) is 13.9. The molecule has 0 bridgehead atoms. The van der Waals surface area contributed by atoms with Crippen LogP contribution in [0.4, 0.5) is 0 Å². The fraction of sp³-hybridized carbons (Fsp3) is 0.412. The van der Waals surface area contributed by atoms with Crippen molar-refractivity contribution in [2.75, 3.05) is 13.7 Å². The van der Waals surface area contributed by atoms with Crippen LogP contribution in [0.5, 0.6) is 5.75 Å². The van der Waals surface area contributed by atoms with Gasteiger partial charge in [-0.1, -0.05) is 36.9 Å². The molecule has 1 unspecified atom stereocenters. The van der Waals surface area contributed by atoms with Crippen LogP contribution in [-0.4, -0.2) is 13.7 Å². The molecule has 102 valence electrons. The smallest absolute Gasteiger partial charge is 0.132 e. The average Bonchev–Trinajstić information content (AvgIpc) is 2.47. The highest BCUT2D eigenvalue weighted by Crippen LogP contribution is 2.38. The third-order valence-corrected chi connectivity index (χ3v) is 3.54. The van der Waals surface area contributed by atoms with Gasteiger partial charge >= 0.3 is 0 Å². The van der Waals surface area contributed by atoms with E-state index in [2.05, 4.69) is 24.8 Å². The van der Waals surface area contributed by atoms with Gasteiger partial charge in [-0.2, -0.15) is 0 Å². The highest BCUT2D eigenvalue weighted by molar-refractivity contribution is 5.71. The van der Waals surface area contributed by atoms with Crippen LogP contribution in [-0.2, 0) is 4.74 Å². The zero-order valence-corrected chi connectivity index (χ0v) is 11.8. The molecule has 2 heteroatoms. The predicted octanol–water partition coefficient (Wildman–Crippen LogP) is 4.61. The molecule has 0 aliphatic carbocycles. The van der Waals surface area contributed by atoms with Gasteiger partial charge in [0.05, 0.1) is 13.2 Å². The van der Waals surface area contributed by atoms with Crippen LogP contribution >= 0.6 is 0 Å². The first-order valence-electron chi connectivity index (χ1n) is 6.89. The van der Waals surface area contributed by atoms with Gasteiger partial charge in [0, 0.05) is 17.7 Å². The quantitative estimate of drug-likeness (QED) is 0.785. The normalized spacial score (nSPS) is 19.6. The van der Waals surface area contributed by atoms with E-state index in [9.17, 15) is 0 Å². The molecule has 1 aromatic rings. The van der Waals surface area contributed by atoms with Crippen LogP contribution in [0.1, 0.15) is 49.0 Å². The van der Waals surface area contributed by atoms with Crippen LogP contribution in [0.2, 0.25) is 0 Å². The van der Waals surface area contributed by atoms with Crippen LogP contribution in [0.25, 0.3) is 12.2 Å². The summed E-state index contributed by atoms with van der Waals surface area (Å²) in [5, 5.41) is 0. The SMILES string of the molecule is C=Cc1c(/C=C\C)ccc(C2CCCCO2)c1OC. The lowest BCUT2D eigenvalue weighted by molar-refractivity contribution is 0.0136. The first-order chi connectivity index (χ1) is 9.31. The Balaban J connectivity index is 2.46. The summed E-state index contributed by atoms with van der Waals surface area (Å²) >= 11 is 0. The lowest BCUT2D eigenvalue weighted by Gasteiger charge is -2.25. The Hall–Kier alpha value is -1.54. The second kappa shape index (κ2) is 6.58. The number of rotatable bonds is 4. The van der Waals surface area contributed by atoms with Gasteiger partial charge in [0.15, 0.2) is 0 Å². The molecular weight excluding hydrogens is 236 g/mol. The molecule has 1 aliphatic rings. The largest absolute Gasteiger partial charge is 0.496 e. The highest BCUT2D eigenvalue weighted by Gasteiger charge is 2.21. The van der Waals surface area contributed by atoms with E-state index in [1.54, 1.807) is 7.11 Å². The zero-order valence-electron chi connectivity index (χ0n) is 11.8. The van der Waals surface area contributed by atoms with Crippen LogP contribution in [0, 0.1) is 0 Å². The summed E-state index contributed by atoms with van der Waals surface area (Å²) in [5.74, 6) is 0.900. The van der Waals surface area contributed by atoms with Crippen molar-refractivity contribution >= 4 is 12.2 Å². The Morgan fingerprint density at radius 3 is 2.79 bits per heavy atom. The predicted molar refractivity (Wildman–Crippen MR) is 80.3 cm³/mol. The number of methoxy groups -OCH3 is 1. The average molecular weight is 258 g/mol. The molecule has 19 heavy (non-hydrogen) atoms. The maximum absolute atomic E-state index is 5.87. The number of allylic oxidation sites excluding steroid dienone is 1. The van der Waals surface area contributed by atoms with Gasteiger partial charge in [-0.25, -0.2) is 0 Å². The van der Waals surface area contributed by atoms with Gasteiger partial charge < -0.3 is 9.47 Å². The Morgan fingerprint density at radius 1 is 1.37 bits per heavy atom. The molecule has 0 radical (unpaired) electrons. The van der Waals surface area contributed by atoms with Crippen molar-refractivity contribution in [3.63, 3.8) is 0 Å². The van der Waals surface area contributed by atoms with Gasteiger partial charge in [0.25, 0.3) is 0 Å². The summed E-state index contributed by atoms with van der Waals surface area (Å²) in [6.45, 7) is 6.77. The van der Waals surface area contributed by atoms with Crippen molar-refractivity contribution in [1.82, 2.24) is 0 Å². The fourth-order valence-corrected chi connectivity index (χ4v) is 2.63. The molecule has 2 nitrogen and oxygen atoms in total. The molecule has 1 heterocycles. The molecule has 0 saturated carbocycles. The van der Waals surface area contributed by atoms with E-state index in [0.717, 1.165) is 41.9 Å². The van der Waals surface area contributed by atoms with E-state index in [0.29, 0.717) is 0 Å². The topological polar surface area (TPSA) is 18.5 Å². The summed E-state index contributed by atoms with van der Waals surface area (Å²) in [5.41, 5.74) is 3.33. The number of ether oxygens (including phenoxy) is 2. The summed E-state index contributed by atoms with van der Waals surface area (Å²) < 4.78 is 11.5. The minimum atomic E-state index is 0.155. The lowest BCUT2D eigenvalue weighted by Crippen LogP contribution is -2.13. The lowest BCUT2D eigenvalue weighted by atomic mass is 9.95. The number of hydrogen-bond donors (Lipinski definition) is 0. The Labute approximate surface area is 115 Å². The summed E-state index contributed by atoms with van der Waals surface area (Å²) in [7, 11) is 1.72. The zero-order chi connectivity index (χ0) is 13.7. The van der Waals surface area contributed by atoms with E-state index < -0.39 is 0 Å². The van der Waals surface area contributed by atoms with Crippen molar-refractivity contribution < 1.29 is 9.47 Å². The molecule has 1 saturated heterocycles. The molecule has 0 amide bonds. The monoisotopic (exact) mass is 258 g/mol. The first-order valence-corrected chi connectivity index (χ1v) is 6.89. The van der Waals surface area contributed by atoms with Crippen molar-refractivity contribution in [2.24, 2.45) is 0 Å². The van der Waals surface area contributed by atoms with Gasteiger partial charge in [-0.05, 0) is 31.7 Å². The molecule has 0 N–H and O–H groups in total. The van der Waals surface area contributed by atoms with Gasteiger partial charge in [0.1, 0.15) is 5.75 Å². The molecule has 0 spiro atoms. The third kappa shape index (κ3) is 2.90. The minimum Gasteiger partial charge on any atom is -0.496 e. The van der Waals surface area contributed by atoms with Gasteiger partial charge in [0.2, 0.25) is 0 Å². The Bertz CT molecular complexity index is 468. The van der Waals surface area contributed by atoms with E-state index in [1.165, 1.54) is 6.42 Å². The van der Waals surface area contributed by atoms with Crippen molar-refractivity contribution in [3.8, 4) is 5.75 Å². The van der Waals surface area contributed by atoms with Crippen molar-refractivity contribution in [1.29, 1.82) is 0 Å². The van der Waals surface area contributed by atoms with E-state index in [-0.39, 0.29) is 6.10 Å². The Morgan fingerprint density at radius 2 is 2.21 bits per heavy atom. The maximum Gasteiger partial charge on any atom is 0.132 e. The van der Waals surface area contributed by atoms with Gasteiger partial charge in [-0.15, -0.1) is 0 Å². The van der Waals surface area contributed by atoms with Crippen molar-refractivity contribution in [2.45, 2.75) is 32.3 Å². The van der Waals surface area contributed by atoms with E-state index in [1.807, 2.05) is 19.1 Å². The summed E-state index contributed by atoms with van der Waals surface area (Å²) in [6, 6.07) is 4.24. The molecule has 2 rings (SSSR count). The van der Waals surface area contributed by atoms with Crippen molar-refractivity contribution in [3.05, 3.63) is 41.5 Å². The van der Waals surface area contributed by atoms with E-state index in [4.69, 9.17) is 9.47 Å². The van der Waals surface area contributed by atoms with Crippen LogP contribution in [0.15, 0.2) is 24.8 Å². The fourth-order valence-electron chi connectivity index (χ4n) is 2.63. The molecule has 1 fully saturated rings. The maximum atomic E-state index is 5.87. The second-order valence-electron chi connectivity index (χ2n) is 4.75. The van der Waals surface area contributed by atoms with E-state index >= 15 is 0 Å². The molecule has 0 aromatic heterocycles. The summed E-state index contributed by atoms with van der Waals surface area (Å²) in [4.78, 5) is 0.